The summed E-state index contributed by atoms with van der Waals surface area (Å²) in [6.45, 7) is 0.597. The standard InChI is InChI=1S/C29H34FN7/c30-22-6-3-5-21(15-22)20-13-11-19(12-14-20)17-32-27-26-28(37(18-33-26)25-9-1-2-10-25)36-29(35-27)34-24-8-4-7-23(31)16-24/h3,5-6,11-15,18,23-25H,1-2,4,7-10,16-17,31H2,(H2,32,34,35,36). The van der Waals surface area contributed by atoms with E-state index >= 15 is 0 Å². The van der Waals surface area contributed by atoms with Crippen LogP contribution in [0.5, 0.6) is 0 Å². The number of nitrogens with one attached hydrogen (secondary N) is 2. The van der Waals surface area contributed by atoms with Crippen molar-refractivity contribution in [2.24, 2.45) is 5.73 Å². The van der Waals surface area contributed by atoms with Gasteiger partial charge in [-0.25, -0.2) is 9.37 Å². The van der Waals surface area contributed by atoms with E-state index in [0.717, 1.165) is 72.2 Å². The molecule has 2 aliphatic rings. The number of hydrogen-bond donors (Lipinski definition) is 3. The second kappa shape index (κ2) is 10.5. The van der Waals surface area contributed by atoms with Gasteiger partial charge in [-0.3, -0.25) is 0 Å². The largest absolute Gasteiger partial charge is 0.364 e. The lowest BCUT2D eigenvalue weighted by molar-refractivity contribution is 0.408. The first-order valence-corrected chi connectivity index (χ1v) is 13.5. The Kier molecular flexibility index (Phi) is 6.74. The van der Waals surface area contributed by atoms with Crippen LogP contribution in [0.4, 0.5) is 16.2 Å². The lowest BCUT2D eigenvalue weighted by Gasteiger charge is -2.27. The van der Waals surface area contributed by atoms with Crippen molar-refractivity contribution >= 4 is 22.9 Å². The molecule has 0 amide bonds. The van der Waals surface area contributed by atoms with Crippen molar-refractivity contribution in [2.75, 3.05) is 10.6 Å². The first-order valence-electron chi connectivity index (χ1n) is 13.5. The van der Waals surface area contributed by atoms with Gasteiger partial charge in [-0.05, 0) is 67.3 Å². The smallest absolute Gasteiger partial charge is 0.227 e. The van der Waals surface area contributed by atoms with Gasteiger partial charge in [-0.2, -0.15) is 9.97 Å². The van der Waals surface area contributed by atoms with E-state index < -0.39 is 0 Å². The quantitative estimate of drug-likeness (QED) is 0.287. The van der Waals surface area contributed by atoms with Gasteiger partial charge < -0.3 is 20.9 Å². The summed E-state index contributed by atoms with van der Waals surface area (Å²) in [6.07, 6.45) is 11.0. The Morgan fingerprint density at radius 2 is 1.78 bits per heavy atom. The molecule has 2 aliphatic carbocycles. The maximum absolute atomic E-state index is 13.6. The SMILES string of the molecule is NC1CCCC(Nc2nc(NCc3ccc(-c4cccc(F)c4)cc3)c3ncn(C4CCCC4)c3n2)C1. The molecule has 2 aromatic carbocycles. The van der Waals surface area contributed by atoms with E-state index in [9.17, 15) is 4.39 Å². The fourth-order valence-electron chi connectivity index (χ4n) is 5.76. The van der Waals surface area contributed by atoms with Crippen molar-refractivity contribution in [1.82, 2.24) is 19.5 Å². The second-order valence-electron chi connectivity index (χ2n) is 10.5. The van der Waals surface area contributed by atoms with Crippen molar-refractivity contribution < 1.29 is 4.39 Å². The minimum atomic E-state index is -0.229. The summed E-state index contributed by atoms with van der Waals surface area (Å²) in [4.78, 5) is 14.5. The van der Waals surface area contributed by atoms with Crippen LogP contribution >= 0.6 is 0 Å². The molecule has 2 fully saturated rings. The summed E-state index contributed by atoms with van der Waals surface area (Å²) in [5.74, 6) is 1.14. The molecular weight excluding hydrogens is 465 g/mol. The first kappa shape index (κ1) is 23.9. The van der Waals surface area contributed by atoms with Crippen molar-refractivity contribution in [3.63, 3.8) is 0 Å². The van der Waals surface area contributed by atoms with Gasteiger partial charge in [-0.1, -0.05) is 49.2 Å². The molecule has 2 atom stereocenters. The average molecular weight is 500 g/mol. The summed E-state index contributed by atoms with van der Waals surface area (Å²) >= 11 is 0. The fourth-order valence-corrected chi connectivity index (χ4v) is 5.76. The zero-order valence-corrected chi connectivity index (χ0v) is 21.0. The van der Waals surface area contributed by atoms with Crippen LogP contribution in [0.15, 0.2) is 54.9 Å². The van der Waals surface area contributed by atoms with E-state index in [-0.39, 0.29) is 17.9 Å². The Morgan fingerprint density at radius 1 is 0.946 bits per heavy atom. The molecule has 0 saturated heterocycles. The first-order chi connectivity index (χ1) is 18.1. The van der Waals surface area contributed by atoms with Crippen LogP contribution in [0.2, 0.25) is 0 Å². The van der Waals surface area contributed by atoms with Crippen LogP contribution in [0.3, 0.4) is 0 Å². The number of fused-ring (bicyclic) bond motifs is 1. The molecule has 2 saturated carbocycles. The molecule has 2 heterocycles. The van der Waals surface area contributed by atoms with Gasteiger partial charge in [0.2, 0.25) is 5.95 Å². The second-order valence-corrected chi connectivity index (χ2v) is 10.5. The number of nitrogens with two attached hydrogens (primary N) is 1. The third-order valence-corrected chi connectivity index (χ3v) is 7.76. The Hall–Kier alpha value is -3.52. The summed E-state index contributed by atoms with van der Waals surface area (Å²) in [5.41, 5.74) is 10.9. The normalized spacial score (nSPS) is 20.4. The fraction of sp³-hybridized carbons (Fsp3) is 0.414. The average Bonchev–Trinajstić information content (AvgIpc) is 3.58. The van der Waals surface area contributed by atoms with E-state index in [1.807, 2.05) is 24.5 Å². The number of anilines is 2. The van der Waals surface area contributed by atoms with Gasteiger partial charge in [0.25, 0.3) is 0 Å². The molecular formula is C29H34FN7. The molecule has 0 spiro atoms. The summed E-state index contributed by atoms with van der Waals surface area (Å²) < 4.78 is 15.9. The van der Waals surface area contributed by atoms with E-state index in [1.165, 1.54) is 18.9 Å². The van der Waals surface area contributed by atoms with Crippen LogP contribution in [-0.2, 0) is 6.54 Å². The molecule has 37 heavy (non-hydrogen) atoms. The van der Waals surface area contributed by atoms with Gasteiger partial charge >= 0.3 is 0 Å². The van der Waals surface area contributed by atoms with Gasteiger partial charge in [0.15, 0.2) is 17.0 Å². The van der Waals surface area contributed by atoms with Crippen LogP contribution in [0, 0.1) is 5.82 Å². The van der Waals surface area contributed by atoms with Gasteiger partial charge in [0.05, 0.1) is 6.33 Å². The van der Waals surface area contributed by atoms with E-state index in [4.69, 9.17) is 20.7 Å². The highest BCUT2D eigenvalue weighted by Crippen LogP contribution is 2.33. The predicted octanol–water partition coefficient (Wildman–Crippen LogP) is 6.04. The molecule has 0 aliphatic heterocycles. The van der Waals surface area contributed by atoms with Crippen molar-refractivity contribution in [1.29, 1.82) is 0 Å². The molecule has 8 heteroatoms. The topological polar surface area (TPSA) is 93.7 Å². The predicted molar refractivity (Wildman–Crippen MR) is 146 cm³/mol. The van der Waals surface area contributed by atoms with Crippen LogP contribution in [-0.4, -0.2) is 31.6 Å². The summed E-state index contributed by atoms with van der Waals surface area (Å²) in [6, 6.07) is 15.8. The van der Waals surface area contributed by atoms with Crippen molar-refractivity contribution in [2.45, 2.75) is 76.0 Å². The van der Waals surface area contributed by atoms with Crippen LogP contribution in [0.25, 0.3) is 22.3 Å². The highest BCUT2D eigenvalue weighted by molar-refractivity contribution is 5.84. The highest BCUT2D eigenvalue weighted by Gasteiger charge is 2.24. The number of halogens is 1. The highest BCUT2D eigenvalue weighted by atomic mass is 19.1. The maximum Gasteiger partial charge on any atom is 0.227 e. The van der Waals surface area contributed by atoms with E-state index in [0.29, 0.717) is 18.5 Å². The molecule has 6 rings (SSSR count). The number of nitrogens with zero attached hydrogens (tertiary/aromatic N) is 4. The molecule has 7 nitrogen and oxygen atoms in total. The third-order valence-electron chi connectivity index (χ3n) is 7.76. The Morgan fingerprint density at radius 3 is 2.57 bits per heavy atom. The van der Waals surface area contributed by atoms with Gasteiger partial charge in [0.1, 0.15) is 5.82 Å². The number of benzene rings is 2. The molecule has 2 unspecified atom stereocenters. The van der Waals surface area contributed by atoms with Crippen molar-refractivity contribution in [3.05, 3.63) is 66.2 Å². The van der Waals surface area contributed by atoms with Gasteiger partial charge in [-0.15, -0.1) is 0 Å². The zero-order valence-electron chi connectivity index (χ0n) is 21.0. The van der Waals surface area contributed by atoms with Crippen LogP contribution in [0.1, 0.15) is 63.0 Å². The van der Waals surface area contributed by atoms with Gasteiger partial charge in [0, 0.05) is 24.7 Å². The number of rotatable bonds is 7. The Bertz CT molecular complexity index is 1360. The van der Waals surface area contributed by atoms with E-state index in [1.54, 1.807) is 12.1 Å². The third kappa shape index (κ3) is 5.30. The Balaban J connectivity index is 1.25. The number of hydrogen-bond acceptors (Lipinski definition) is 6. The summed E-state index contributed by atoms with van der Waals surface area (Å²) in [7, 11) is 0. The minimum absolute atomic E-state index is 0.229. The molecule has 0 bridgehead atoms. The summed E-state index contributed by atoms with van der Waals surface area (Å²) in [5, 5.41) is 7.08. The lowest BCUT2D eigenvalue weighted by atomic mass is 9.92. The van der Waals surface area contributed by atoms with Crippen LogP contribution < -0.4 is 16.4 Å². The molecule has 4 N–H and O–H groups in total. The monoisotopic (exact) mass is 499 g/mol. The zero-order chi connectivity index (χ0) is 25.2. The van der Waals surface area contributed by atoms with E-state index in [2.05, 4.69) is 27.3 Å². The minimum Gasteiger partial charge on any atom is -0.364 e. The molecule has 192 valence electrons. The Labute approximate surface area is 216 Å². The maximum atomic E-state index is 13.6. The lowest BCUT2D eigenvalue weighted by Crippen LogP contribution is -2.35. The number of aromatic nitrogens is 4. The molecule has 0 radical (unpaired) electrons. The molecule has 4 aromatic rings. The molecule has 2 aromatic heterocycles. The number of imidazole rings is 1. The van der Waals surface area contributed by atoms with Crippen molar-refractivity contribution in [3.8, 4) is 11.1 Å².